The molecule has 0 heterocycles. The normalized spacial score (nSPS) is 10.0. The highest BCUT2D eigenvalue weighted by Crippen LogP contribution is 2.17. The molecule has 0 radical (unpaired) electrons. The molecule has 2 rings (SSSR count). The van der Waals surface area contributed by atoms with Gasteiger partial charge in [-0.1, -0.05) is 24.3 Å². The second-order valence-corrected chi connectivity index (χ2v) is 5.30. The van der Waals surface area contributed by atoms with Crippen LogP contribution in [0.25, 0.3) is 0 Å². The number of ether oxygens (including phenoxy) is 1. The summed E-state index contributed by atoms with van der Waals surface area (Å²) in [6.07, 6.45) is 1.22. The van der Waals surface area contributed by atoms with Gasteiger partial charge in [0.15, 0.2) is 0 Å². The van der Waals surface area contributed by atoms with Crippen molar-refractivity contribution in [3.8, 4) is 11.8 Å². The predicted molar refractivity (Wildman–Crippen MR) is 94.0 cm³/mol. The molecule has 2 aromatic carbocycles. The standard InChI is InChI=1S/C19H21N3O2/c1-24-18-8-3-2-6-16(18)9-11-21-12-10-19(23)22-17-7-4-5-15(13-17)14-20/h2-8,13,21H,9-12H2,1H3,(H,22,23). The Morgan fingerprint density at radius 2 is 2.00 bits per heavy atom. The molecule has 0 fully saturated rings. The number of carbonyl (C=O) groups is 1. The number of para-hydroxylation sites is 1. The molecule has 0 bridgehead atoms. The van der Waals surface area contributed by atoms with Crippen LogP contribution in [0.3, 0.4) is 0 Å². The average molecular weight is 323 g/mol. The zero-order chi connectivity index (χ0) is 17.2. The molecule has 1 amide bonds. The number of nitrogens with one attached hydrogen (secondary N) is 2. The van der Waals surface area contributed by atoms with Crippen LogP contribution in [-0.4, -0.2) is 26.1 Å². The fraction of sp³-hybridized carbons (Fsp3) is 0.263. The molecule has 0 atom stereocenters. The summed E-state index contributed by atoms with van der Waals surface area (Å²) in [5.74, 6) is 0.810. The maximum Gasteiger partial charge on any atom is 0.225 e. The first-order valence-corrected chi connectivity index (χ1v) is 7.85. The molecule has 2 N–H and O–H groups in total. The zero-order valence-corrected chi connectivity index (χ0v) is 13.7. The van der Waals surface area contributed by atoms with Gasteiger partial charge in [0.2, 0.25) is 5.91 Å². The Labute approximate surface area is 142 Å². The van der Waals surface area contributed by atoms with Gasteiger partial charge in [-0.2, -0.15) is 5.26 Å². The van der Waals surface area contributed by atoms with Crippen LogP contribution in [0.2, 0.25) is 0 Å². The molecule has 124 valence electrons. The van der Waals surface area contributed by atoms with Crippen LogP contribution in [0.15, 0.2) is 48.5 Å². The minimum atomic E-state index is -0.0742. The highest BCUT2D eigenvalue weighted by molar-refractivity contribution is 5.90. The molecule has 24 heavy (non-hydrogen) atoms. The molecule has 0 aromatic heterocycles. The Kier molecular flexibility index (Phi) is 6.81. The van der Waals surface area contributed by atoms with E-state index in [2.05, 4.69) is 16.7 Å². The Bertz CT molecular complexity index is 723. The van der Waals surface area contributed by atoms with E-state index in [0.717, 1.165) is 24.3 Å². The molecular formula is C19H21N3O2. The molecule has 0 aliphatic rings. The summed E-state index contributed by atoms with van der Waals surface area (Å²) in [6.45, 7) is 1.37. The van der Waals surface area contributed by atoms with Gasteiger partial charge < -0.3 is 15.4 Å². The van der Waals surface area contributed by atoms with Crippen molar-refractivity contribution in [2.75, 3.05) is 25.5 Å². The van der Waals surface area contributed by atoms with Crippen molar-refractivity contribution in [2.24, 2.45) is 0 Å². The summed E-state index contributed by atoms with van der Waals surface area (Å²) in [7, 11) is 1.66. The number of benzene rings is 2. The molecule has 0 saturated carbocycles. The topological polar surface area (TPSA) is 74.2 Å². The van der Waals surface area contributed by atoms with E-state index in [1.165, 1.54) is 0 Å². The van der Waals surface area contributed by atoms with Crippen molar-refractivity contribution in [1.29, 1.82) is 5.26 Å². The van der Waals surface area contributed by atoms with Crippen molar-refractivity contribution >= 4 is 11.6 Å². The van der Waals surface area contributed by atoms with Gasteiger partial charge in [0.1, 0.15) is 5.75 Å². The van der Waals surface area contributed by atoms with Crippen molar-refractivity contribution in [2.45, 2.75) is 12.8 Å². The van der Waals surface area contributed by atoms with Crippen LogP contribution >= 0.6 is 0 Å². The van der Waals surface area contributed by atoms with Crippen LogP contribution in [0.5, 0.6) is 5.75 Å². The first kappa shape index (κ1) is 17.5. The molecule has 0 aliphatic carbocycles. The van der Waals surface area contributed by atoms with Gasteiger partial charge >= 0.3 is 0 Å². The smallest absolute Gasteiger partial charge is 0.225 e. The van der Waals surface area contributed by atoms with Gasteiger partial charge in [0, 0.05) is 18.7 Å². The first-order valence-electron chi connectivity index (χ1n) is 7.85. The van der Waals surface area contributed by atoms with Gasteiger partial charge in [-0.05, 0) is 42.8 Å². The first-order chi connectivity index (χ1) is 11.7. The maximum atomic E-state index is 11.9. The number of anilines is 1. The SMILES string of the molecule is COc1ccccc1CCNCCC(=O)Nc1cccc(C#N)c1. The van der Waals surface area contributed by atoms with Crippen LogP contribution < -0.4 is 15.4 Å². The van der Waals surface area contributed by atoms with E-state index >= 15 is 0 Å². The number of carbonyl (C=O) groups excluding carboxylic acids is 1. The van der Waals surface area contributed by atoms with Crippen LogP contribution in [0.1, 0.15) is 17.5 Å². The number of hydrogen-bond acceptors (Lipinski definition) is 4. The summed E-state index contributed by atoms with van der Waals surface area (Å²) in [5, 5.41) is 14.9. The van der Waals surface area contributed by atoms with E-state index in [1.807, 2.05) is 24.3 Å². The zero-order valence-electron chi connectivity index (χ0n) is 13.7. The Morgan fingerprint density at radius 3 is 2.79 bits per heavy atom. The molecule has 2 aromatic rings. The van der Waals surface area contributed by atoms with Crippen molar-refractivity contribution in [3.05, 3.63) is 59.7 Å². The summed E-state index contributed by atoms with van der Waals surface area (Å²) in [6, 6.07) is 16.8. The lowest BCUT2D eigenvalue weighted by atomic mass is 10.1. The van der Waals surface area contributed by atoms with Gasteiger partial charge in [0.05, 0.1) is 18.7 Å². The third-order valence-electron chi connectivity index (χ3n) is 3.57. The molecule has 0 spiro atoms. The number of amides is 1. The Hall–Kier alpha value is -2.84. The fourth-order valence-corrected chi connectivity index (χ4v) is 2.35. The summed E-state index contributed by atoms with van der Waals surface area (Å²) in [5.41, 5.74) is 2.32. The Morgan fingerprint density at radius 1 is 1.17 bits per heavy atom. The highest BCUT2D eigenvalue weighted by Gasteiger charge is 2.04. The van der Waals surface area contributed by atoms with E-state index in [4.69, 9.17) is 10.00 Å². The lowest BCUT2D eigenvalue weighted by molar-refractivity contribution is -0.116. The quantitative estimate of drug-likeness (QED) is 0.733. The lowest BCUT2D eigenvalue weighted by Crippen LogP contribution is -2.23. The third kappa shape index (κ3) is 5.41. The molecule has 0 aliphatic heterocycles. The molecule has 5 heteroatoms. The predicted octanol–water partition coefficient (Wildman–Crippen LogP) is 2.73. The van der Waals surface area contributed by atoms with E-state index in [1.54, 1.807) is 31.4 Å². The number of hydrogen-bond donors (Lipinski definition) is 2. The molecular weight excluding hydrogens is 302 g/mol. The second-order valence-electron chi connectivity index (χ2n) is 5.30. The van der Waals surface area contributed by atoms with Crippen molar-refractivity contribution in [3.63, 3.8) is 0 Å². The number of nitrogens with zero attached hydrogens (tertiary/aromatic N) is 1. The van der Waals surface area contributed by atoms with Gasteiger partial charge in [-0.3, -0.25) is 4.79 Å². The summed E-state index contributed by atoms with van der Waals surface area (Å²) in [4.78, 5) is 11.9. The molecule has 0 saturated heterocycles. The highest BCUT2D eigenvalue weighted by atomic mass is 16.5. The van der Waals surface area contributed by atoms with Crippen molar-refractivity contribution in [1.82, 2.24) is 5.32 Å². The second kappa shape index (κ2) is 9.33. The van der Waals surface area contributed by atoms with Crippen molar-refractivity contribution < 1.29 is 9.53 Å². The minimum Gasteiger partial charge on any atom is -0.496 e. The van der Waals surface area contributed by atoms with Gasteiger partial charge in [0.25, 0.3) is 0 Å². The minimum absolute atomic E-state index is 0.0742. The Balaban J connectivity index is 1.68. The lowest BCUT2D eigenvalue weighted by Gasteiger charge is -2.09. The van der Waals surface area contributed by atoms with E-state index in [9.17, 15) is 4.79 Å². The van der Waals surface area contributed by atoms with Gasteiger partial charge in [-0.15, -0.1) is 0 Å². The summed E-state index contributed by atoms with van der Waals surface area (Å²) < 4.78 is 5.31. The average Bonchev–Trinajstić information content (AvgIpc) is 2.62. The molecule has 0 unspecified atom stereocenters. The largest absolute Gasteiger partial charge is 0.496 e. The van der Waals surface area contributed by atoms with E-state index in [-0.39, 0.29) is 5.91 Å². The third-order valence-corrected chi connectivity index (χ3v) is 3.57. The maximum absolute atomic E-state index is 11.9. The fourth-order valence-electron chi connectivity index (χ4n) is 2.35. The van der Waals surface area contributed by atoms with E-state index in [0.29, 0.717) is 24.2 Å². The summed E-state index contributed by atoms with van der Waals surface area (Å²) >= 11 is 0. The number of rotatable bonds is 8. The van der Waals surface area contributed by atoms with E-state index < -0.39 is 0 Å². The number of methoxy groups -OCH3 is 1. The number of nitriles is 1. The van der Waals surface area contributed by atoms with Crippen LogP contribution in [0, 0.1) is 11.3 Å². The monoisotopic (exact) mass is 323 g/mol. The molecule has 5 nitrogen and oxygen atoms in total. The van der Waals surface area contributed by atoms with Gasteiger partial charge in [-0.25, -0.2) is 0 Å². The van der Waals surface area contributed by atoms with Crippen LogP contribution in [-0.2, 0) is 11.2 Å². The van der Waals surface area contributed by atoms with Crippen LogP contribution in [0.4, 0.5) is 5.69 Å².